The molecule has 5 heteroatoms. The number of hydrogen-bond acceptors (Lipinski definition) is 4. The molecular formula is C20H24N2O2S. The molecule has 2 unspecified atom stereocenters. The molecule has 2 heterocycles. The van der Waals surface area contributed by atoms with Crippen molar-refractivity contribution >= 4 is 23.3 Å². The maximum Gasteiger partial charge on any atom is 0.244 e. The summed E-state index contributed by atoms with van der Waals surface area (Å²) in [6, 6.07) is 3.96. The third-order valence-electron chi connectivity index (χ3n) is 5.05. The Kier molecular flexibility index (Phi) is 4.75. The number of amides is 1. The van der Waals surface area contributed by atoms with Crippen LogP contribution in [0.15, 0.2) is 22.6 Å². The summed E-state index contributed by atoms with van der Waals surface area (Å²) < 4.78 is 5.77. The second-order valence-electron chi connectivity index (χ2n) is 7.12. The molecule has 0 spiro atoms. The molecule has 25 heavy (non-hydrogen) atoms. The lowest BCUT2D eigenvalue weighted by Crippen LogP contribution is -2.23. The molecule has 4 nitrogen and oxygen atoms in total. The Morgan fingerprint density at radius 3 is 3.04 bits per heavy atom. The number of carbonyl (C=O) groups is 1. The Balaban J connectivity index is 1.23. The van der Waals surface area contributed by atoms with Crippen molar-refractivity contribution in [1.82, 2.24) is 10.3 Å². The summed E-state index contributed by atoms with van der Waals surface area (Å²) in [5.41, 5.74) is 1.29. The van der Waals surface area contributed by atoms with Crippen LogP contribution < -0.4 is 5.32 Å². The first-order chi connectivity index (χ1) is 12.2. The molecular weight excluding hydrogens is 332 g/mol. The first-order valence-electron chi connectivity index (χ1n) is 9.22. The molecule has 1 N–H and O–H groups in total. The van der Waals surface area contributed by atoms with E-state index < -0.39 is 0 Å². The number of fused-ring (bicyclic) bond motifs is 1. The molecule has 2 aromatic rings. The van der Waals surface area contributed by atoms with Crippen LogP contribution in [0.25, 0.3) is 6.08 Å². The number of nitrogens with one attached hydrogen (secondary N) is 1. The van der Waals surface area contributed by atoms with Gasteiger partial charge < -0.3 is 9.73 Å². The zero-order valence-electron chi connectivity index (χ0n) is 14.6. The van der Waals surface area contributed by atoms with Crippen molar-refractivity contribution in [1.29, 1.82) is 0 Å². The van der Waals surface area contributed by atoms with Gasteiger partial charge in [0.25, 0.3) is 0 Å². The molecule has 1 saturated carbocycles. The Labute approximate surface area is 152 Å². The maximum atomic E-state index is 11.9. The smallest absolute Gasteiger partial charge is 0.244 e. The summed E-state index contributed by atoms with van der Waals surface area (Å²) in [5, 5.41) is 4.07. The summed E-state index contributed by atoms with van der Waals surface area (Å²) >= 11 is 1.81. The molecule has 2 atom stereocenters. The zero-order valence-corrected chi connectivity index (χ0v) is 15.4. The van der Waals surface area contributed by atoms with Crippen LogP contribution in [0.5, 0.6) is 0 Å². The van der Waals surface area contributed by atoms with Gasteiger partial charge >= 0.3 is 0 Å². The molecule has 0 bridgehead atoms. The van der Waals surface area contributed by atoms with Crippen LogP contribution in [-0.2, 0) is 24.1 Å². The van der Waals surface area contributed by atoms with Crippen LogP contribution in [0.4, 0.5) is 0 Å². The fraction of sp³-hybridized carbons (Fsp3) is 0.500. The molecule has 2 aliphatic rings. The Morgan fingerprint density at radius 2 is 2.24 bits per heavy atom. The predicted molar refractivity (Wildman–Crippen MR) is 99.7 cm³/mol. The van der Waals surface area contributed by atoms with Gasteiger partial charge in [-0.2, -0.15) is 0 Å². The first-order valence-corrected chi connectivity index (χ1v) is 10.0. The van der Waals surface area contributed by atoms with Crippen molar-refractivity contribution in [3.05, 3.63) is 45.3 Å². The van der Waals surface area contributed by atoms with Gasteiger partial charge in [0.05, 0.1) is 10.7 Å². The summed E-state index contributed by atoms with van der Waals surface area (Å²) in [5.74, 6) is 3.00. The normalized spacial score (nSPS) is 22.1. The Bertz CT molecular complexity index is 766. The van der Waals surface area contributed by atoms with Gasteiger partial charge in [-0.3, -0.25) is 4.79 Å². The fourth-order valence-electron chi connectivity index (χ4n) is 3.40. The van der Waals surface area contributed by atoms with Crippen LogP contribution in [0, 0.1) is 5.92 Å². The average Bonchev–Trinajstić information content (AvgIpc) is 3.02. The average molecular weight is 356 g/mol. The van der Waals surface area contributed by atoms with Gasteiger partial charge in [-0.1, -0.05) is 6.92 Å². The van der Waals surface area contributed by atoms with E-state index in [0.29, 0.717) is 12.5 Å². The molecule has 1 amide bonds. The van der Waals surface area contributed by atoms with Gasteiger partial charge in [-0.15, -0.1) is 11.3 Å². The second-order valence-corrected chi connectivity index (χ2v) is 8.29. The third kappa shape index (κ3) is 4.03. The molecule has 2 aromatic heterocycles. The second kappa shape index (κ2) is 7.16. The van der Waals surface area contributed by atoms with Crippen molar-refractivity contribution in [3.8, 4) is 0 Å². The van der Waals surface area contributed by atoms with Gasteiger partial charge in [0, 0.05) is 29.8 Å². The minimum Gasteiger partial charge on any atom is -0.461 e. The lowest BCUT2D eigenvalue weighted by molar-refractivity contribution is -0.116. The molecule has 132 valence electrons. The third-order valence-corrected chi connectivity index (χ3v) is 6.27. The minimum atomic E-state index is -0.0842. The van der Waals surface area contributed by atoms with E-state index in [4.69, 9.17) is 9.40 Å². The van der Waals surface area contributed by atoms with E-state index in [2.05, 4.69) is 12.2 Å². The number of rotatable bonds is 6. The van der Waals surface area contributed by atoms with Gasteiger partial charge in [0.2, 0.25) is 5.91 Å². The summed E-state index contributed by atoms with van der Waals surface area (Å²) in [6.07, 6.45) is 10.1. The van der Waals surface area contributed by atoms with Crippen LogP contribution in [-0.4, -0.2) is 17.4 Å². The predicted octanol–water partition coefficient (Wildman–Crippen LogP) is 4.11. The van der Waals surface area contributed by atoms with E-state index in [1.807, 2.05) is 23.5 Å². The highest BCUT2D eigenvalue weighted by Gasteiger charge is 2.36. The van der Waals surface area contributed by atoms with Crippen LogP contribution in [0.2, 0.25) is 0 Å². The fourth-order valence-corrected chi connectivity index (χ4v) is 4.55. The molecule has 1 fully saturated rings. The van der Waals surface area contributed by atoms with E-state index in [0.717, 1.165) is 35.3 Å². The standard InChI is InChI=1S/C20H24N2O2S/c1-13-12-15(13)17-8-6-14(24-17)7-9-19(23)21-11-10-20-22-16-4-2-3-5-18(16)25-20/h6-9,13,15H,2-5,10-12H2,1H3,(H,21,23)/b9-7+. The highest BCUT2D eigenvalue weighted by molar-refractivity contribution is 7.11. The quantitative estimate of drug-likeness (QED) is 0.793. The van der Waals surface area contributed by atoms with E-state index in [9.17, 15) is 4.79 Å². The summed E-state index contributed by atoms with van der Waals surface area (Å²) in [4.78, 5) is 18.1. The van der Waals surface area contributed by atoms with Gasteiger partial charge in [-0.25, -0.2) is 4.98 Å². The van der Waals surface area contributed by atoms with E-state index >= 15 is 0 Å². The molecule has 4 rings (SSSR count). The molecule has 0 aliphatic heterocycles. The largest absolute Gasteiger partial charge is 0.461 e. The number of aryl methyl sites for hydroxylation is 2. The van der Waals surface area contributed by atoms with Gasteiger partial charge in [-0.05, 0) is 56.2 Å². The van der Waals surface area contributed by atoms with Crippen molar-refractivity contribution < 1.29 is 9.21 Å². The highest BCUT2D eigenvalue weighted by Crippen LogP contribution is 2.47. The SMILES string of the molecule is CC1CC1c1ccc(/C=C/C(=O)NCCc2nc3c(s2)CCCC3)o1. The van der Waals surface area contributed by atoms with E-state index in [1.54, 1.807) is 12.2 Å². The number of furan rings is 1. The zero-order chi connectivity index (χ0) is 17.2. The first kappa shape index (κ1) is 16.6. The van der Waals surface area contributed by atoms with Crippen molar-refractivity contribution in [3.63, 3.8) is 0 Å². The molecule has 0 saturated heterocycles. The number of carbonyl (C=O) groups excluding carboxylic acids is 1. The number of aromatic nitrogens is 1. The highest BCUT2D eigenvalue weighted by atomic mass is 32.1. The van der Waals surface area contributed by atoms with E-state index in [-0.39, 0.29) is 5.91 Å². The lowest BCUT2D eigenvalue weighted by Gasteiger charge is -2.06. The number of hydrogen-bond donors (Lipinski definition) is 1. The Morgan fingerprint density at radius 1 is 1.40 bits per heavy atom. The number of thiazole rings is 1. The van der Waals surface area contributed by atoms with Crippen LogP contribution >= 0.6 is 11.3 Å². The number of nitrogens with zero attached hydrogens (tertiary/aromatic N) is 1. The van der Waals surface area contributed by atoms with Crippen LogP contribution in [0.3, 0.4) is 0 Å². The van der Waals surface area contributed by atoms with Crippen molar-refractivity contribution in [2.75, 3.05) is 6.54 Å². The molecule has 2 aliphatic carbocycles. The van der Waals surface area contributed by atoms with Gasteiger partial charge in [0.15, 0.2) is 0 Å². The monoisotopic (exact) mass is 356 g/mol. The van der Waals surface area contributed by atoms with Gasteiger partial charge in [0.1, 0.15) is 11.5 Å². The molecule has 0 aromatic carbocycles. The van der Waals surface area contributed by atoms with Crippen LogP contribution in [0.1, 0.15) is 59.2 Å². The Hall–Kier alpha value is -1.88. The maximum absolute atomic E-state index is 11.9. The van der Waals surface area contributed by atoms with Crippen molar-refractivity contribution in [2.24, 2.45) is 5.92 Å². The minimum absolute atomic E-state index is 0.0842. The summed E-state index contributed by atoms with van der Waals surface area (Å²) in [6.45, 7) is 2.85. The van der Waals surface area contributed by atoms with E-state index in [1.165, 1.54) is 36.3 Å². The van der Waals surface area contributed by atoms with Crippen molar-refractivity contribution in [2.45, 2.75) is 51.4 Å². The topological polar surface area (TPSA) is 55.1 Å². The molecule has 0 radical (unpaired) electrons. The lowest BCUT2D eigenvalue weighted by atomic mass is 10.0. The summed E-state index contributed by atoms with van der Waals surface area (Å²) in [7, 11) is 0.